The summed E-state index contributed by atoms with van der Waals surface area (Å²) < 4.78 is 0. The molecule has 0 nitrogen and oxygen atoms in total. The van der Waals surface area contributed by atoms with E-state index in [9.17, 15) is 0 Å². The van der Waals surface area contributed by atoms with Crippen LogP contribution in [0.15, 0.2) is 12.7 Å². The Labute approximate surface area is 131 Å². The molecule has 7 atom stereocenters. The smallest absolute Gasteiger partial charge is 0.0179 e. The molecule has 0 N–H and O–H groups in total. The molecule has 0 radical (unpaired) electrons. The lowest BCUT2D eigenvalue weighted by atomic mass is 9.45. The summed E-state index contributed by atoms with van der Waals surface area (Å²) in [6.45, 7) is 9.47. The van der Waals surface area contributed by atoms with Crippen LogP contribution < -0.4 is 0 Å². The van der Waals surface area contributed by atoms with Crippen molar-refractivity contribution in [1.82, 2.24) is 0 Å². The molecule has 0 aliphatic heterocycles. The molecule has 0 heterocycles. The molecule has 0 unspecified atom stereocenters. The van der Waals surface area contributed by atoms with Gasteiger partial charge in [0.2, 0.25) is 0 Å². The van der Waals surface area contributed by atoms with Crippen molar-refractivity contribution in [3.8, 4) is 0 Å². The third-order valence-corrected chi connectivity index (χ3v) is 8.94. The van der Waals surface area contributed by atoms with Crippen LogP contribution in [0, 0.1) is 40.4 Å². The molecule has 0 aromatic heterocycles. The van der Waals surface area contributed by atoms with Gasteiger partial charge in [0.05, 0.1) is 0 Å². The first-order valence-electron chi connectivity index (χ1n) is 9.72. The first-order chi connectivity index (χ1) is 10.1. The summed E-state index contributed by atoms with van der Waals surface area (Å²) in [6, 6.07) is 0. The van der Waals surface area contributed by atoms with Gasteiger partial charge in [-0.25, -0.2) is 0 Å². The molecular formula is C21H34. The summed E-state index contributed by atoms with van der Waals surface area (Å²) in [4.78, 5) is 0. The minimum atomic E-state index is 0.598. The molecule has 0 amide bonds. The summed E-state index contributed by atoms with van der Waals surface area (Å²) in [5, 5.41) is 0. The molecular weight excluding hydrogens is 252 g/mol. The Morgan fingerprint density at radius 1 is 0.810 bits per heavy atom. The van der Waals surface area contributed by atoms with E-state index >= 15 is 0 Å². The highest BCUT2D eigenvalue weighted by Crippen LogP contribution is 2.67. The fourth-order valence-corrected chi connectivity index (χ4v) is 7.72. The zero-order valence-electron chi connectivity index (χ0n) is 14.2. The van der Waals surface area contributed by atoms with Crippen LogP contribution in [0.1, 0.15) is 78.1 Å². The molecule has 4 fully saturated rings. The lowest BCUT2D eigenvalue weighted by molar-refractivity contribution is -0.107. The molecule has 118 valence electrons. The fraction of sp³-hybridized carbons (Fsp3) is 0.905. The molecule has 0 saturated heterocycles. The molecule has 0 bridgehead atoms. The van der Waals surface area contributed by atoms with E-state index in [-0.39, 0.29) is 0 Å². The molecule has 0 aromatic rings. The quantitative estimate of drug-likeness (QED) is 0.502. The molecule has 4 saturated carbocycles. The van der Waals surface area contributed by atoms with Gasteiger partial charge < -0.3 is 0 Å². The number of hydrogen-bond donors (Lipinski definition) is 0. The van der Waals surface area contributed by atoms with E-state index in [4.69, 9.17) is 0 Å². The highest BCUT2D eigenvalue weighted by atomic mass is 14.6. The number of rotatable bonds is 1. The largest absolute Gasteiger partial charge is 0.103 e. The lowest BCUT2D eigenvalue weighted by Gasteiger charge is -2.60. The summed E-state index contributed by atoms with van der Waals surface area (Å²) in [5.74, 6) is 4.99. The predicted octanol–water partition coefficient (Wildman–Crippen LogP) is 6.22. The van der Waals surface area contributed by atoms with Crippen molar-refractivity contribution in [2.75, 3.05) is 0 Å². The van der Waals surface area contributed by atoms with E-state index in [1.807, 2.05) is 0 Å². The Bertz CT molecular complexity index is 424. The van der Waals surface area contributed by atoms with E-state index in [0.29, 0.717) is 10.8 Å². The van der Waals surface area contributed by atoms with Gasteiger partial charge in [-0.2, -0.15) is 0 Å². The first-order valence-corrected chi connectivity index (χ1v) is 9.72. The van der Waals surface area contributed by atoms with Crippen molar-refractivity contribution >= 4 is 0 Å². The second kappa shape index (κ2) is 4.87. The van der Waals surface area contributed by atoms with E-state index in [0.717, 1.165) is 29.6 Å². The van der Waals surface area contributed by atoms with Crippen LogP contribution in [0.25, 0.3) is 0 Å². The summed E-state index contributed by atoms with van der Waals surface area (Å²) in [5.41, 5.74) is 1.30. The van der Waals surface area contributed by atoms with Crippen molar-refractivity contribution in [2.45, 2.75) is 78.1 Å². The topological polar surface area (TPSA) is 0 Å². The number of hydrogen-bond acceptors (Lipinski definition) is 0. The standard InChI is InChI=1S/C21H34/c1-4-15-9-11-18-17-10-8-16-7-5-6-13-20(16,2)19(17)12-14-21(15,18)3/h4,15-19H,1,5-14H2,2-3H3/t15-,16+,17-,18-,19-,20-,21+/m0/s1. The van der Waals surface area contributed by atoms with Crippen molar-refractivity contribution in [1.29, 1.82) is 0 Å². The zero-order valence-corrected chi connectivity index (χ0v) is 14.2. The van der Waals surface area contributed by atoms with Gasteiger partial charge in [-0.1, -0.05) is 32.8 Å². The van der Waals surface area contributed by atoms with Gasteiger partial charge in [0, 0.05) is 0 Å². The Hall–Kier alpha value is -0.260. The van der Waals surface area contributed by atoms with Crippen LogP contribution in [0.3, 0.4) is 0 Å². The highest BCUT2D eigenvalue weighted by molar-refractivity contribution is 5.11. The van der Waals surface area contributed by atoms with Crippen LogP contribution in [0.2, 0.25) is 0 Å². The SMILES string of the molecule is C=C[C@H]1CC[C@H]2[C@@H]3CC[C@H]4CCCC[C@]4(C)[C@H]3CC[C@]12C. The third kappa shape index (κ3) is 1.86. The highest BCUT2D eigenvalue weighted by Gasteiger charge is 2.58. The number of allylic oxidation sites excluding steroid dienone is 1. The monoisotopic (exact) mass is 286 g/mol. The van der Waals surface area contributed by atoms with Gasteiger partial charge >= 0.3 is 0 Å². The number of fused-ring (bicyclic) bond motifs is 5. The normalized spacial score (nSPS) is 56.2. The second-order valence-corrected chi connectivity index (χ2v) is 9.37. The van der Waals surface area contributed by atoms with E-state index in [2.05, 4.69) is 26.5 Å². The molecule has 0 spiro atoms. The van der Waals surface area contributed by atoms with Crippen LogP contribution in [0.5, 0.6) is 0 Å². The molecule has 4 aliphatic rings. The predicted molar refractivity (Wildman–Crippen MR) is 90.0 cm³/mol. The van der Waals surface area contributed by atoms with E-state index in [1.165, 1.54) is 51.4 Å². The molecule has 0 aromatic carbocycles. The van der Waals surface area contributed by atoms with Gasteiger partial charge in [0.15, 0.2) is 0 Å². The maximum atomic E-state index is 4.16. The van der Waals surface area contributed by atoms with Gasteiger partial charge in [-0.05, 0) is 91.8 Å². The van der Waals surface area contributed by atoms with Crippen molar-refractivity contribution in [2.24, 2.45) is 40.4 Å². The zero-order chi connectivity index (χ0) is 14.7. The van der Waals surface area contributed by atoms with Crippen LogP contribution in [-0.4, -0.2) is 0 Å². The third-order valence-electron chi connectivity index (χ3n) is 8.94. The Morgan fingerprint density at radius 2 is 1.62 bits per heavy atom. The first kappa shape index (κ1) is 14.3. The van der Waals surface area contributed by atoms with Gasteiger partial charge in [-0.15, -0.1) is 6.58 Å². The average Bonchev–Trinajstić information content (AvgIpc) is 2.83. The Morgan fingerprint density at radius 3 is 2.43 bits per heavy atom. The molecule has 4 aliphatic carbocycles. The lowest BCUT2D eigenvalue weighted by Crippen LogP contribution is -2.52. The van der Waals surface area contributed by atoms with Crippen LogP contribution in [-0.2, 0) is 0 Å². The van der Waals surface area contributed by atoms with Gasteiger partial charge in [0.25, 0.3) is 0 Å². The van der Waals surface area contributed by atoms with Crippen LogP contribution in [0.4, 0.5) is 0 Å². The molecule has 0 heteroatoms. The Balaban J connectivity index is 1.64. The van der Waals surface area contributed by atoms with Crippen LogP contribution >= 0.6 is 0 Å². The molecule has 4 rings (SSSR count). The van der Waals surface area contributed by atoms with Gasteiger partial charge in [0.1, 0.15) is 0 Å². The fourth-order valence-electron chi connectivity index (χ4n) is 7.72. The summed E-state index contributed by atoms with van der Waals surface area (Å²) in [7, 11) is 0. The van der Waals surface area contributed by atoms with E-state index < -0.39 is 0 Å². The van der Waals surface area contributed by atoms with Crippen molar-refractivity contribution in [3.05, 3.63) is 12.7 Å². The summed E-state index contributed by atoms with van der Waals surface area (Å²) >= 11 is 0. The maximum Gasteiger partial charge on any atom is -0.0179 e. The minimum Gasteiger partial charge on any atom is -0.103 e. The van der Waals surface area contributed by atoms with Crippen molar-refractivity contribution < 1.29 is 0 Å². The second-order valence-electron chi connectivity index (χ2n) is 9.37. The maximum absolute atomic E-state index is 4.16. The molecule has 21 heavy (non-hydrogen) atoms. The average molecular weight is 287 g/mol. The summed E-state index contributed by atoms with van der Waals surface area (Å²) in [6.07, 6.45) is 17.4. The minimum absolute atomic E-state index is 0.598. The Kier molecular flexibility index (Phi) is 3.32. The van der Waals surface area contributed by atoms with Gasteiger partial charge in [-0.3, -0.25) is 0 Å². The van der Waals surface area contributed by atoms with E-state index in [1.54, 1.807) is 12.8 Å². The van der Waals surface area contributed by atoms with Crippen molar-refractivity contribution in [3.63, 3.8) is 0 Å².